The van der Waals surface area contributed by atoms with E-state index >= 15 is 0 Å². The maximum Gasteiger partial charge on any atom is 0.0989 e. The lowest BCUT2D eigenvalue weighted by Gasteiger charge is -2.47. The molecule has 0 amide bonds. The first-order valence-corrected chi connectivity index (χ1v) is 6.05. The van der Waals surface area contributed by atoms with Crippen LogP contribution in [0.4, 0.5) is 0 Å². The van der Waals surface area contributed by atoms with Crippen LogP contribution in [0.5, 0.6) is 0 Å². The highest BCUT2D eigenvalue weighted by Gasteiger charge is 2.58. The zero-order chi connectivity index (χ0) is 10.8. The summed E-state index contributed by atoms with van der Waals surface area (Å²) in [5, 5.41) is 0.901. The van der Waals surface area contributed by atoms with Crippen LogP contribution >= 0.6 is 0 Å². The van der Waals surface area contributed by atoms with E-state index in [-0.39, 0.29) is 0 Å². The molecule has 72 valence electrons. The van der Waals surface area contributed by atoms with E-state index < -0.39 is 0 Å². The predicted molar refractivity (Wildman–Crippen MR) is 76.1 cm³/mol. The van der Waals surface area contributed by atoms with Gasteiger partial charge in [0.15, 0.2) is 0 Å². The van der Waals surface area contributed by atoms with Crippen molar-refractivity contribution in [3.8, 4) is 0 Å². The van der Waals surface area contributed by atoms with Crippen molar-refractivity contribution in [2.24, 2.45) is 0 Å². The molecular formula is C11H16B4. The second-order valence-electron chi connectivity index (χ2n) is 6.41. The monoisotopic (exact) mass is 192 g/mol. The van der Waals surface area contributed by atoms with Crippen LogP contribution in [0, 0.1) is 0 Å². The van der Waals surface area contributed by atoms with Crippen LogP contribution in [0.15, 0.2) is 24.3 Å². The maximum absolute atomic E-state index is 2.45. The van der Waals surface area contributed by atoms with Gasteiger partial charge in [0.25, 0.3) is 0 Å². The molecule has 2 atom stereocenters. The molecule has 0 aromatic heterocycles. The Morgan fingerprint density at radius 1 is 0.867 bits per heavy atom. The van der Waals surface area contributed by atoms with Gasteiger partial charge in [-0.05, 0) is 29.4 Å². The van der Waals surface area contributed by atoms with Crippen LogP contribution in [-0.4, -0.2) is 31.4 Å². The molecule has 2 bridgehead atoms. The number of hydrogen-bond donors (Lipinski definition) is 0. The largest absolute Gasteiger partial charge is 0.0989 e. The van der Waals surface area contributed by atoms with Crippen molar-refractivity contribution >= 4 is 31.4 Å². The predicted octanol–water partition coefficient (Wildman–Crippen LogP) is -0.964. The summed E-state index contributed by atoms with van der Waals surface area (Å²) in [6.45, 7) is 0. The number of rotatable bonds is 0. The fraction of sp³-hybridized carbons (Fsp3) is 0.455. The number of benzene rings is 1. The third-order valence-electron chi connectivity index (χ3n) is 5.62. The Labute approximate surface area is 95.9 Å². The van der Waals surface area contributed by atoms with E-state index in [0.29, 0.717) is 10.4 Å². The first kappa shape index (κ1) is 9.69. The topological polar surface area (TPSA) is 0 Å². The summed E-state index contributed by atoms with van der Waals surface area (Å²) >= 11 is 0. The normalized spacial score (nSPS) is 33.9. The minimum Gasteiger partial charge on any atom is -0.0852 e. The molecular weight excluding hydrogens is 175 g/mol. The first-order valence-electron chi connectivity index (χ1n) is 6.05. The third-order valence-corrected chi connectivity index (χ3v) is 5.62. The van der Waals surface area contributed by atoms with Gasteiger partial charge in [-0.25, -0.2) is 0 Å². The van der Waals surface area contributed by atoms with Crippen molar-refractivity contribution < 1.29 is 0 Å². The lowest BCUT2D eigenvalue weighted by molar-refractivity contribution is 0.605. The minimum atomic E-state index is 0.450. The minimum absolute atomic E-state index is 0.450. The van der Waals surface area contributed by atoms with Gasteiger partial charge in [0, 0.05) is 0 Å². The summed E-state index contributed by atoms with van der Waals surface area (Å²) in [6, 6.07) is 9.08. The first-order chi connectivity index (χ1) is 6.96. The summed E-state index contributed by atoms with van der Waals surface area (Å²) in [5.74, 6) is 1.57. The molecule has 3 rings (SSSR count). The van der Waals surface area contributed by atoms with Crippen LogP contribution in [0.25, 0.3) is 0 Å². The lowest BCUT2D eigenvalue weighted by atomic mass is 9.26. The van der Waals surface area contributed by atoms with Gasteiger partial charge < -0.3 is 0 Å². The Kier molecular flexibility index (Phi) is 1.67. The Balaban J connectivity index is 2.23. The highest BCUT2D eigenvalue weighted by Crippen LogP contribution is 2.73. The van der Waals surface area contributed by atoms with Crippen LogP contribution in [0.2, 0.25) is 10.4 Å². The van der Waals surface area contributed by atoms with E-state index in [1.807, 2.05) is 0 Å². The van der Waals surface area contributed by atoms with Gasteiger partial charge in [-0.1, -0.05) is 34.7 Å². The van der Waals surface area contributed by atoms with Crippen molar-refractivity contribution in [3.63, 3.8) is 0 Å². The van der Waals surface area contributed by atoms with E-state index in [1.54, 1.807) is 11.1 Å². The molecule has 0 nitrogen and oxygen atoms in total. The Hall–Kier alpha value is -0.520. The highest BCUT2D eigenvalue weighted by molar-refractivity contribution is 6.55. The molecule has 4 heteroatoms. The van der Waals surface area contributed by atoms with Crippen LogP contribution < -0.4 is 0 Å². The van der Waals surface area contributed by atoms with E-state index in [0.717, 1.165) is 11.8 Å². The Bertz CT molecular complexity index is 385. The van der Waals surface area contributed by atoms with Crippen LogP contribution in [0.1, 0.15) is 29.4 Å². The lowest BCUT2D eigenvalue weighted by Crippen LogP contribution is -2.36. The molecule has 0 spiro atoms. The zero-order valence-corrected chi connectivity index (χ0v) is 10.2. The zero-order valence-electron chi connectivity index (χ0n) is 10.2. The molecule has 0 saturated heterocycles. The average Bonchev–Trinajstić information content (AvgIpc) is 2.63. The fourth-order valence-corrected chi connectivity index (χ4v) is 3.90. The van der Waals surface area contributed by atoms with Crippen molar-refractivity contribution in [3.05, 3.63) is 35.4 Å². The Morgan fingerprint density at radius 2 is 1.27 bits per heavy atom. The van der Waals surface area contributed by atoms with E-state index in [9.17, 15) is 0 Å². The molecule has 0 aliphatic heterocycles. The molecule has 0 heterocycles. The second-order valence-corrected chi connectivity index (χ2v) is 6.41. The van der Waals surface area contributed by atoms with Gasteiger partial charge >= 0.3 is 0 Å². The van der Waals surface area contributed by atoms with E-state index in [4.69, 9.17) is 0 Å². The standard InChI is InChI=1S/C11H16B4/c12-10(13)8-5-9(11(10,14)15)7-4-2-1-3-6(7)8/h1-4,8-9H,5,12-15H2. The SMILES string of the molecule is BC1(B)C2CC(c3ccccc32)C1(B)B. The van der Waals surface area contributed by atoms with Crippen LogP contribution in [-0.2, 0) is 0 Å². The third kappa shape index (κ3) is 0.940. The van der Waals surface area contributed by atoms with Crippen molar-refractivity contribution in [1.29, 1.82) is 0 Å². The number of hydrogen-bond acceptors (Lipinski definition) is 0. The summed E-state index contributed by atoms with van der Waals surface area (Å²) in [5.41, 5.74) is 3.26. The summed E-state index contributed by atoms with van der Waals surface area (Å²) in [4.78, 5) is 0. The molecule has 1 saturated carbocycles. The van der Waals surface area contributed by atoms with E-state index in [2.05, 4.69) is 55.7 Å². The molecule has 1 aromatic rings. The average molecular weight is 191 g/mol. The molecule has 1 aromatic carbocycles. The highest BCUT2D eigenvalue weighted by atomic mass is 14.5. The van der Waals surface area contributed by atoms with Crippen LogP contribution in [0.3, 0.4) is 0 Å². The molecule has 2 unspecified atom stereocenters. The second kappa shape index (κ2) is 2.59. The molecule has 2 aliphatic carbocycles. The van der Waals surface area contributed by atoms with Crippen molar-refractivity contribution in [2.75, 3.05) is 0 Å². The Morgan fingerprint density at radius 3 is 1.67 bits per heavy atom. The van der Waals surface area contributed by atoms with E-state index in [1.165, 1.54) is 6.42 Å². The summed E-state index contributed by atoms with van der Waals surface area (Å²) < 4.78 is 0. The smallest absolute Gasteiger partial charge is 0.0852 e. The van der Waals surface area contributed by atoms with Crippen molar-refractivity contribution in [1.82, 2.24) is 0 Å². The molecule has 1 fully saturated rings. The van der Waals surface area contributed by atoms with Gasteiger partial charge in [-0.3, -0.25) is 0 Å². The quantitative estimate of drug-likeness (QED) is 0.463. The summed E-state index contributed by atoms with van der Waals surface area (Å²) in [6.07, 6.45) is 1.37. The molecule has 2 aliphatic rings. The molecule has 15 heavy (non-hydrogen) atoms. The fourth-order valence-electron chi connectivity index (χ4n) is 3.90. The number of fused-ring (bicyclic) bond motifs is 5. The van der Waals surface area contributed by atoms with Gasteiger partial charge in [0.1, 0.15) is 0 Å². The molecule has 0 radical (unpaired) electrons. The molecule has 0 N–H and O–H groups in total. The van der Waals surface area contributed by atoms with Gasteiger partial charge in [-0.2, -0.15) is 0 Å². The van der Waals surface area contributed by atoms with Gasteiger partial charge in [-0.15, -0.1) is 0 Å². The summed E-state index contributed by atoms with van der Waals surface area (Å²) in [7, 11) is 9.81. The van der Waals surface area contributed by atoms with Gasteiger partial charge in [0.2, 0.25) is 0 Å². The van der Waals surface area contributed by atoms with Crippen molar-refractivity contribution in [2.45, 2.75) is 28.7 Å². The van der Waals surface area contributed by atoms with Gasteiger partial charge in [0.05, 0.1) is 31.4 Å². The maximum atomic E-state index is 2.45.